The second-order valence-corrected chi connectivity index (χ2v) is 3.53. The molecule has 1 aromatic rings. The fourth-order valence-corrected chi connectivity index (χ4v) is 1.36. The first-order chi connectivity index (χ1) is 8.54. The van der Waals surface area contributed by atoms with E-state index in [-0.39, 0.29) is 24.6 Å². The topological polar surface area (TPSA) is 75.6 Å². The summed E-state index contributed by atoms with van der Waals surface area (Å²) in [5, 5.41) is 11.4. The first-order valence-corrected chi connectivity index (χ1v) is 5.42. The fourth-order valence-electron chi connectivity index (χ4n) is 1.36. The number of ether oxygens (including phenoxy) is 1. The maximum atomic E-state index is 13.3. The molecule has 0 unspecified atom stereocenters. The van der Waals surface area contributed by atoms with Crippen molar-refractivity contribution >= 4 is 11.9 Å². The maximum absolute atomic E-state index is 13.3. The van der Waals surface area contributed by atoms with Gasteiger partial charge in [0.25, 0.3) is 0 Å². The first-order valence-electron chi connectivity index (χ1n) is 5.42. The Bertz CT molecular complexity index is 448. The summed E-state index contributed by atoms with van der Waals surface area (Å²) in [6.07, 6.45) is 0. The molecule has 98 valence electrons. The molecule has 0 atom stereocenters. The van der Waals surface area contributed by atoms with Gasteiger partial charge in [-0.15, -0.1) is 0 Å². The lowest BCUT2D eigenvalue weighted by molar-refractivity contribution is -0.142. The zero-order chi connectivity index (χ0) is 13.5. The second kappa shape index (κ2) is 6.70. The maximum Gasteiger partial charge on any atom is 0.338 e. The Labute approximate surface area is 104 Å². The van der Waals surface area contributed by atoms with Gasteiger partial charge in [-0.05, 0) is 24.6 Å². The van der Waals surface area contributed by atoms with Gasteiger partial charge in [0, 0.05) is 6.54 Å². The van der Waals surface area contributed by atoms with Crippen molar-refractivity contribution in [1.29, 1.82) is 0 Å². The highest BCUT2D eigenvalue weighted by atomic mass is 19.1. The lowest BCUT2D eigenvalue weighted by Crippen LogP contribution is -2.24. The molecular formula is C12H14FNO4. The van der Waals surface area contributed by atoms with Crippen molar-refractivity contribution in [1.82, 2.24) is 5.32 Å². The lowest BCUT2D eigenvalue weighted by Gasteiger charge is -2.05. The van der Waals surface area contributed by atoms with Gasteiger partial charge in [-0.2, -0.15) is 0 Å². The smallest absolute Gasteiger partial charge is 0.338 e. The molecule has 1 aromatic carbocycles. The number of esters is 1. The summed E-state index contributed by atoms with van der Waals surface area (Å²) in [4.78, 5) is 21.6. The highest BCUT2D eigenvalue weighted by molar-refractivity contribution is 5.87. The van der Waals surface area contributed by atoms with Crippen LogP contribution in [0, 0.1) is 5.82 Å². The van der Waals surface area contributed by atoms with Gasteiger partial charge in [0.05, 0.1) is 18.7 Å². The molecule has 1 rings (SSSR count). The van der Waals surface area contributed by atoms with Crippen LogP contribution in [0.3, 0.4) is 0 Å². The van der Waals surface area contributed by atoms with Crippen LogP contribution < -0.4 is 5.32 Å². The van der Waals surface area contributed by atoms with E-state index >= 15 is 0 Å². The molecule has 18 heavy (non-hydrogen) atoms. The summed E-state index contributed by atoms with van der Waals surface area (Å²) < 4.78 is 18.0. The molecular weight excluding hydrogens is 241 g/mol. The predicted molar refractivity (Wildman–Crippen MR) is 61.7 cm³/mol. The number of rotatable bonds is 6. The number of carbonyl (C=O) groups is 2. The van der Waals surface area contributed by atoms with E-state index in [0.29, 0.717) is 12.2 Å². The van der Waals surface area contributed by atoms with Gasteiger partial charge in [-0.1, -0.05) is 6.07 Å². The van der Waals surface area contributed by atoms with Crippen LogP contribution in [0.4, 0.5) is 4.39 Å². The zero-order valence-corrected chi connectivity index (χ0v) is 9.90. The molecule has 5 nitrogen and oxygen atoms in total. The number of aromatic carboxylic acids is 1. The van der Waals surface area contributed by atoms with E-state index in [1.165, 1.54) is 12.1 Å². The van der Waals surface area contributed by atoms with Gasteiger partial charge in [0.2, 0.25) is 0 Å². The van der Waals surface area contributed by atoms with Gasteiger partial charge in [0.15, 0.2) is 0 Å². The molecule has 0 radical (unpaired) electrons. The molecule has 6 heteroatoms. The van der Waals surface area contributed by atoms with Gasteiger partial charge in [0.1, 0.15) is 5.82 Å². The molecule has 0 aromatic heterocycles. The van der Waals surface area contributed by atoms with E-state index in [0.717, 1.165) is 6.07 Å². The van der Waals surface area contributed by atoms with Gasteiger partial charge < -0.3 is 15.2 Å². The van der Waals surface area contributed by atoms with Crippen LogP contribution in [0.2, 0.25) is 0 Å². The number of carboxylic acids is 1. The number of hydrogen-bond donors (Lipinski definition) is 2. The van der Waals surface area contributed by atoms with Crippen molar-refractivity contribution in [2.24, 2.45) is 0 Å². The van der Waals surface area contributed by atoms with Crippen LogP contribution in [-0.4, -0.2) is 30.2 Å². The molecule has 0 amide bonds. The normalized spacial score (nSPS) is 10.1. The van der Waals surface area contributed by atoms with E-state index in [2.05, 4.69) is 5.32 Å². The Hall–Kier alpha value is -1.95. The highest BCUT2D eigenvalue weighted by Gasteiger charge is 2.10. The summed E-state index contributed by atoms with van der Waals surface area (Å²) in [7, 11) is 0. The number of nitrogens with one attached hydrogen (secondary N) is 1. The molecule has 0 fully saturated rings. The minimum atomic E-state index is -1.31. The van der Waals surface area contributed by atoms with Crippen LogP contribution in [0.25, 0.3) is 0 Å². The molecule has 0 aliphatic carbocycles. The SMILES string of the molecule is CCOC(=O)CNCc1ccc(C(=O)O)c(F)c1. The van der Waals surface area contributed by atoms with Crippen LogP contribution in [0.15, 0.2) is 18.2 Å². The summed E-state index contributed by atoms with van der Waals surface area (Å²) in [5.74, 6) is -2.49. The van der Waals surface area contributed by atoms with Crippen molar-refractivity contribution in [3.8, 4) is 0 Å². The third-order valence-corrected chi connectivity index (χ3v) is 2.17. The minimum absolute atomic E-state index is 0.0239. The fraction of sp³-hybridized carbons (Fsp3) is 0.333. The Morgan fingerprint density at radius 3 is 2.72 bits per heavy atom. The molecule has 0 aliphatic rings. The van der Waals surface area contributed by atoms with E-state index in [1.54, 1.807) is 6.92 Å². The zero-order valence-electron chi connectivity index (χ0n) is 9.90. The van der Waals surface area contributed by atoms with Crippen molar-refractivity contribution < 1.29 is 23.8 Å². The molecule has 0 bridgehead atoms. The average Bonchev–Trinajstić information content (AvgIpc) is 2.29. The largest absolute Gasteiger partial charge is 0.478 e. The van der Waals surface area contributed by atoms with E-state index in [4.69, 9.17) is 9.84 Å². The van der Waals surface area contributed by atoms with E-state index in [1.807, 2.05) is 0 Å². The number of hydrogen-bond acceptors (Lipinski definition) is 4. The van der Waals surface area contributed by atoms with Crippen molar-refractivity contribution in [3.63, 3.8) is 0 Å². The quantitative estimate of drug-likeness (QED) is 0.746. The van der Waals surface area contributed by atoms with Crippen molar-refractivity contribution in [2.75, 3.05) is 13.2 Å². The third kappa shape index (κ3) is 4.14. The molecule has 0 saturated carbocycles. The third-order valence-electron chi connectivity index (χ3n) is 2.17. The molecule has 0 heterocycles. The second-order valence-electron chi connectivity index (χ2n) is 3.53. The molecule has 0 spiro atoms. The van der Waals surface area contributed by atoms with Gasteiger partial charge >= 0.3 is 11.9 Å². The van der Waals surface area contributed by atoms with E-state index in [9.17, 15) is 14.0 Å². The highest BCUT2D eigenvalue weighted by Crippen LogP contribution is 2.10. The monoisotopic (exact) mass is 255 g/mol. The first kappa shape index (κ1) is 14.1. The van der Waals surface area contributed by atoms with Crippen LogP contribution in [0.1, 0.15) is 22.8 Å². The predicted octanol–water partition coefficient (Wildman–Crippen LogP) is 1.18. The van der Waals surface area contributed by atoms with Crippen LogP contribution >= 0.6 is 0 Å². The van der Waals surface area contributed by atoms with E-state index < -0.39 is 11.8 Å². The molecule has 0 aliphatic heterocycles. The summed E-state index contributed by atoms with van der Waals surface area (Å²) >= 11 is 0. The van der Waals surface area contributed by atoms with Gasteiger partial charge in [-0.3, -0.25) is 4.79 Å². The number of benzene rings is 1. The van der Waals surface area contributed by atoms with Crippen LogP contribution in [0.5, 0.6) is 0 Å². The number of carbonyl (C=O) groups excluding carboxylic acids is 1. The van der Waals surface area contributed by atoms with Crippen molar-refractivity contribution in [3.05, 3.63) is 35.1 Å². The summed E-state index contributed by atoms with van der Waals surface area (Å²) in [6, 6.07) is 3.81. The summed E-state index contributed by atoms with van der Waals surface area (Å²) in [5.41, 5.74) is 0.186. The molecule has 0 saturated heterocycles. The van der Waals surface area contributed by atoms with Crippen molar-refractivity contribution in [2.45, 2.75) is 13.5 Å². The lowest BCUT2D eigenvalue weighted by atomic mass is 10.1. The summed E-state index contributed by atoms with van der Waals surface area (Å²) in [6.45, 7) is 2.30. The Balaban J connectivity index is 2.51. The Morgan fingerprint density at radius 1 is 1.44 bits per heavy atom. The number of carboxylic acid groups (broad SMARTS) is 1. The standard InChI is InChI=1S/C12H14FNO4/c1-2-18-11(15)7-14-6-8-3-4-9(12(16)17)10(13)5-8/h3-5,14H,2,6-7H2,1H3,(H,16,17). The molecule has 2 N–H and O–H groups in total. The average molecular weight is 255 g/mol. The Morgan fingerprint density at radius 2 is 2.17 bits per heavy atom. The van der Waals surface area contributed by atoms with Crippen LogP contribution in [-0.2, 0) is 16.1 Å². The minimum Gasteiger partial charge on any atom is -0.478 e. The number of halogens is 1. The Kier molecular flexibility index (Phi) is 5.26. The van der Waals surface area contributed by atoms with Gasteiger partial charge in [-0.25, -0.2) is 9.18 Å².